The first-order valence-corrected chi connectivity index (χ1v) is 11.4. The second-order valence-corrected chi connectivity index (χ2v) is 10.5. The van der Waals surface area contributed by atoms with E-state index < -0.39 is 9.84 Å². The van der Waals surface area contributed by atoms with Crippen LogP contribution in [0.5, 0.6) is 5.75 Å². The van der Waals surface area contributed by atoms with Crippen molar-refractivity contribution in [2.24, 2.45) is 10.9 Å². The van der Waals surface area contributed by atoms with Crippen LogP contribution in [0.4, 0.5) is 0 Å². The predicted octanol–water partition coefficient (Wildman–Crippen LogP) is 2.34. The number of hydrogen-bond acceptors (Lipinski definition) is 5. The standard InChI is InChI=1S/C18H24N2O4S2/c1-12(2)8-17(21)19-18-20(9-13-4-6-14(24-3)7-5-13)15-10-26(22,23)11-16(15)25-18/h4-7,12,15-16H,8-11H2,1-3H3/t15-,16-/m1/s1. The molecule has 2 aliphatic rings. The SMILES string of the molecule is COc1ccc(CN2C(=NC(=O)CC(C)C)S[C@@H]3CS(=O)(=O)C[C@H]32)cc1. The second kappa shape index (κ2) is 7.60. The molecule has 0 aliphatic carbocycles. The number of aliphatic imine (C=N–C) groups is 1. The molecule has 2 heterocycles. The van der Waals surface area contributed by atoms with Crippen molar-refractivity contribution < 1.29 is 17.9 Å². The van der Waals surface area contributed by atoms with Gasteiger partial charge in [-0.2, -0.15) is 4.99 Å². The fourth-order valence-electron chi connectivity index (χ4n) is 3.25. The summed E-state index contributed by atoms with van der Waals surface area (Å²) in [4.78, 5) is 18.5. The molecular weight excluding hydrogens is 372 g/mol. The minimum atomic E-state index is -3.03. The van der Waals surface area contributed by atoms with Crippen molar-refractivity contribution in [3.8, 4) is 5.75 Å². The maximum Gasteiger partial charge on any atom is 0.248 e. The van der Waals surface area contributed by atoms with Gasteiger partial charge >= 0.3 is 0 Å². The Balaban J connectivity index is 1.84. The monoisotopic (exact) mass is 396 g/mol. The summed E-state index contributed by atoms with van der Waals surface area (Å²) in [7, 11) is -1.42. The van der Waals surface area contributed by atoms with Gasteiger partial charge in [-0.3, -0.25) is 4.79 Å². The van der Waals surface area contributed by atoms with Crippen molar-refractivity contribution in [2.45, 2.75) is 38.1 Å². The van der Waals surface area contributed by atoms with E-state index in [1.807, 2.05) is 43.0 Å². The molecule has 1 aromatic carbocycles. The number of carbonyl (C=O) groups is 1. The molecule has 8 heteroatoms. The van der Waals surface area contributed by atoms with Crippen molar-refractivity contribution in [3.05, 3.63) is 29.8 Å². The van der Waals surface area contributed by atoms with Crippen molar-refractivity contribution in [2.75, 3.05) is 18.6 Å². The Hall–Kier alpha value is -1.54. The van der Waals surface area contributed by atoms with Crippen molar-refractivity contribution >= 4 is 32.7 Å². The number of rotatable bonds is 5. The predicted molar refractivity (Wildman–Crippen MR) is 104 cm³/mol. The Morgan fingerprint density at radius 2 is 2.00 bits per heavy atom. The molecule has 3 rings (SSSR count). The number of amidine groups is 1. The maximum atomic E-state index is 12.2. The number of hydrogen-bond donors (Lipinski definition) is 0. The highest BCUT2D eigenvalue weighted by molar-refractivity contribution is 8.15. The zero-order valence-electron chi connectivity index (χ0n) is 15.2. The van der Waals surface area contributed by atoms with Crippen LogP contribution in [0.2, 0.25) is 0 Å². The fraction of sp³-hybridized carbons (Fsp3) is 0.556. The van der Waals surface area contributed by atoms with E-state index in [0.29, 0.717) is 18.1 Å². The summed E-state index contributed by atoms with van der Waals surface area (Å²) >= 11 is 1.43. The van der Waals surface area contributed by atoms with Gasteiger partial charge in [0.2, 0.25) is 5.91 Å². The first kappa shape index (κ1) is 19.2. The van der Waals surface area contributed by atoms with Gasteiger partial charge in [0.05, 0.1) is 24.7 Å². The summed E-state index contributed by atoms with van der Waals surface area (Å²) < 4.78 is 29.3. The summed E-state index contributed by atoms with van der Waals surface area (Å²) in [6.45, 7) is 4.49. The highest BCUT2D eigenvalue weighted by Crippen LogP contribution is 2.39. The minimum Gasteiger partial charge on any atom is -0.497 e. The zero-order valence-corrected chi connectivity index (χ0v) is 16.8. The third kappa shape index (κ3) is 4.40. The third-order valence-electron chi connectivity index (χ3n) is 4.49. The van der Waals surface area contributed by atoms with Crippen molar-refractivity contribution in [1.82, 2.24) is 4.90 Å². The van der Waals surface area contributed by atoms with Gasteiger partial charge in [-0.25, -0.2) is 8.42 Å². The van der Waals surface area contributed by atoms with Crippen LogP contribution >= 0.6 is 11.8 Å². The number of methoxy groups -OCH3 is 1. The Morgan fingerprint density at radius 3 is 2.62 bits per heavy atom. The Morgan fingerprint density at radius 1 is 1.31 bits per heavy atom. The topological polar surface area (TPSA) is 76.0 Å². The molecule has 0 bridgehead atoms. The molecule has 2 saturated heterocycles. The first-order chi connectivity index (χ1) is 12.3. The number of sulfone groups is 1. The third-order valence-corrected chi connectivity index (χ3v) is 7.74. The molecule has 0 aromatic heterocycles. The molecule has 2 aliphatic heterocycles. The van der Waals surface area contributed by atoms with Crippen LogP contribution in [0.3, 0.4) is 0 Å². The van der Waals surface area contributed by atoms with E-state index >= 15 is 0 Å². The number of nitrogens with zero attached hydrogens (tertiary/aromatic N) is 2. The number of amides is 1. The van der Waals surface area contributed by atoms with Crippen LogP contribution in [-0.4, -0.2) is 54.3 Å². The second-order valence-electron chi connectivity index (χ2n) is 7.16. The zero-order chi connectivity index (χ0) is 18.9. The molecule has 1 amide bonds. The molecule has 0 N–H and O–H groups in total. The number of benzene rings is 1. The van der Waals surface area contributed by atoms with E-state index in [1.165, 1.54) is 11.8 Å². The lowest BCUT2D eigenvalue weighted by Crippen LogP contribution is -2.37. The lowest BCUT2D eigenvalue weighted by molar-refractivity contribution is -0.118. The van der Waals surface area contributed by atoms with Gasteiger partial charge in [0.15, 0.2) is 15.0 Å². The van der Waals surface area contributed by atoms with Crippen molar-refractivity contribution in [3.63, 3.8) is 0 Å². The molecule has 1 aromatic rings. The van der Waals surface area contributed by atoms with Crippen LogP contribution in [0.1, 0.15) is 25.8 Å². The Kier molecular flexibility index (Phi) is 5.62. The maximum absolute atomic E-state index is 12.2. The van der Waals surface area contributed by atoms with Crippen molar-refractivity contribution in [1.29, 1.82) is 0 Å². The smallest absolute Gasteiger partial charge is 0.248 e. The number of carbonyl (C=O) groups excluding carboxylic acids is 1. The number of thioether (sulfide) groups is 1. The minimum absolute atomic E-state index is 0.0520. The highest BCUT2D eigenvalue weighted by Gasteiger charge is 2.48. The van der Waals surface area contributed by atoms with E-state index in [9.17, 15) is 13.2 Å². The average molecular weight is 397 g/mol. The lowest BCUT2D eigenvalue weighted by Gasteiger charge is -2.24. The van der Waals surface area contributed by atoms with Crippen LogP contribution in [0, 0.1) is 5.92 Å². The molecule has 6 nitrogen and oxygen atoms in total. The van der Waals surface area contributed by atoms with Crippen LogP contribution < -0.4 is 4.74 Å². The average Bonchev–Trinajstić information content (AvgIpc) is 3.00. The highest BCUT2D eigenvalue weighted by atomic mass is 32.2. The molecule has 142 valence electrons. The van der Waals surface area contributed by atoms with Crippen LogP contribution in [-0.2, 0) is 21.2 Å². The number of fused-ring (bicyclic) bond motifs is 1. The van der Waals surface area contributed by atoms with E-state index in [-0.39, 0.29) is 34.6 Å². The Labute approximate surface area is 158 Å². The molecule has 0 radical (unpaired) electrons. The molecular formula is C18H24N2O4S2. The van der Waals surface area contributed by atoms with E-state index in [0.717, 1.165) is 11.3 Å². The summed E-state index contributed by atoms with van der Waals surface area (Å²) in [5.41, 5.74) is 1.03. The van der Waals surface area contributed by atoms with Crippen LogP contribution in [0.15, 0.2) is 29.3 Å². The van der Waals surface area contributed by atoms with E-state index in [4.69, 9.17) is 4.74 Å². The van der Waals surface area contributed by atoms with Gasteiger partial charge in [-0.05, 0) is 23.6 Å². The summed E-state index contributed by atoms with van der Waals surface area (Å²) in [5, 5.41) is 0.597. The molecule has 26 heavy (non-hydrogen) atoms. The molecule has 0 unspecified atom stereocenters. The van der Waals surface area contributed by atoms with E-state index in [1.54, 1.807) is 7.11 Å². The molecule has 2 fully saturated rings. The van der Waals surface area contributed by atoms with Gasteiger partial charge < -0.3 is 9.64 Å². The molecule has 2 atom stereocenters. The summed E-state index contributed by atoms with van der Waals surface area (Å²) in [6.07, 6.45) is 0.397. The van der Waals surface area contributed by atoms with Crippen LogP contribution in [0.25, 0.3) is 0 Å². The van der Waals surface area contributed by atoms with Gasteiger partial charge in [-0.15, -0.1) is 0 Å². The number of ether oxygens (including phenoxy) is 1. The van der Waals surface area contributed by atoms with Gasteiger partial charge in [-0.1, -0.05) is 37.7 Å². The fourth-order valence-corrected chi connectivity index (χ4v) is 7.22. The van der Waals surface area contributed by atoms with Gasteiger partial charge in [0, 0.05) is 18.2 Å². The normalized spacial score (nSPS) is 25.7. The summed E-state index contributed by atoms with van der Waals surface area (Å²) in [6, 6.07) is 7.53. The summed E-state index contributed by atoms with van der Waals surface area (Å²) in [5.74, 6) is 1.14. The lowest BCUT2D eigenvalue weighted by atomic mass is 10.1. The Bertz CT molecular complexity index is 803. The van der Waals surface area contributed by atoms with Gasteiger partial charge in [0.25, 0.3) is 0 Å². The molecule has 0 spiro atoms. The first-order valence-electron chi connectivity index (χ1n) is 8.65. The van der Waals surface area contributed by atoms with Gasteiger partial charge in [0.1, 0.15) is 5.75 Å². The largest absolute Gasteiger partial charge is 0.497 e. The molecule has 0 saturated carbocycles. The van der Waals surface area contributed by atoms with E-state index in [2.05, 4.69) is 4.99 Å². The quantitative estimate of drug-likeness (QED) is 0.760.